The lowest BCUT2D eigenvalue weighted by molar-refractivity contribution is 0.252. The highest BCUT2D eigenvalue weighted by atomic mass is 35.5. The molecule has 32 heavy (non-hydrogen) atoms. The molecule has 2 aliphatic heterocycles. The fraction of sp³-hybridized carbons (Fsp3) is 0.250. The number of para-hydroxylation sites is 1. The molecule has 0 radical (unpaired) electrons. The number of nitrogens with zero attached hydrogens (tertiary/aromatic N) is 3. The van der Waals surface area contributed by atoms with Crippen molar-refractivity contribution in [2.24, 2.45) is 0 Å². The average molecular weight is 450 g/mol. The number of pyridine rings is 1. The minimum absolute atomic E-state index is 0.150. The Kier molecular flexibility index (Phi) is 5.59. The van der Waals surface area contributed by atoms with Crippen LogP contribution in [0.25, 0.3) is 22.3 Å². The van der Waals surface area contributed by atoms with Gasteiger partial charge in [-0.05, 0) is 35.4 Å². The van der Waals surface area contributed by atoms with Gasteiger partial charge >= 0.3 is 6.03 Å². The van der Waals surface area contributed by atoms with Gasteiger partial charge in [-0.2, -0.15) is 0 Å². The van der Waals surface area contributed by atoms with E-state index in [2.05, 4.69) is 20.5 Å². The molecule has 0 atom stereocenters. The molecule has 8 heteroatoms. The number of hydrogen-bond acceptors (Lipinski definition) is 5. The fourth-order valence-corrected chi connectivity index (χ4v) is 4.54. The Bertz CT molecular complexity index is 1160. The van der Waals surface area contributed by atoms with Gasteiger partial charge in [-0.15, -0.1) is 0 Å². The van der Waals surface area contributed by atoms with Crippen molar-refractivity contribution in [1.82, 2.24) is 15.6 Å². The van der Waals surface area contributed by atoms with Gasteiger partial charge in [0.2, 0.25) is 0 Å². The number of nitrogens with one attached hydrogen (secondary N) is 2. The summed E-state index contributed by atoms with van der Waals surface area (Å²) in [4.78, 5) is 20.4. The number of hydrogen-bond donors (Lipinski definition) is 3. The molecule has 0 unspecified atom stereocenters. The average Bonchev–Trinajstić information content (AvgIpc) is 3.25. The molecule has 5 rings (SSSR count). The number of urea groups is 1. The number of carbonyl (C=O) groups excluding carboxylic acids is 1. The molecule has 1 aromatic heterocycles. The van der Waals surface area contributed by atoms with Crippen molar-refractivity contribution in [3.05, 3.63) is 59.8 Å². The molecule has 0 saturated carbocycles. The Hall–Kier alpha value is -3.29. The zero-order chi connectivity index (χ0) is 22.1. The van der Waals surface area contributed by atoms with E-state index in [0.29, 0.717) is 29.4 Å². The summed E-state index contributed by atoms with van der Waals surface area (Å²) in [7, 11) is 0. The fourth-order valence-electron chi connectivity index (χ4n) is 4.26. The molecule has 0 aliphatic carbocycles. The van der Waals surface area contributed by atoms with Gasteiger partial charge < -0.3 is 20.6 Å². The zero-order valence-corrected chi connectivity index (χ0v) is 18.3. The van der Waals surface area contributed by atoms with Gasteiger partial charge in [0.15, 0.2) is 0 Å². The number of halogens is 1. The summed E-state index contributed by atoms with van der Waals surface area (Å²) in [6.45, 7) is 4.85. The SMILES string of the molecule is O=C1NCCN1c1ccc(-c2cccc(-c3ccnc(N4CCNCC4)c3)c2O)cc1Cl. The van der Waals surface area contributed by atoms with E-state index in [0.717, 1.165) is 48.7 Å². The maximum absolute atomic E-state index is 12.0. The van der Waals surface area contributed by atoms with Gasteiger partial charge in [0.05, 0.1) is 10.7 Å². The van der Waals surface area contributed by atoms with Crippen LogP contribution in [0.3, 0.4) is 0 Å². The summed E-state index contributed by atoms with van der Waals surface area (Å²) in [5, 5.41) is 17.7. The van der Waals surface area contributed by atoms with Gasteiger partial charge in [0.1, 0.15) is 11.6 Å². The monoisotopic (exact) mass is 449 g/mol. The third-order valence-corrected chi connectivity index (χ3v) is 6.24. The van der Waals surface area contributed by atoms with E-state index in [1.54, 1.807) is 17.2 Å². The van der Waals surface area contributed by atoms with Crippen LogP contribution in [-0.2, 0) is 0 Å². The molecule has 2 saturated heterocycles. The van der Waals surface area contributed by atoms with Crippen molar-refractivity contribution < 1.29 is 9.90 Å². The van der Waals surface area contributed by atoms with Crippen molar-refractivity contribution in [2.75, 3.05) is 49.1 Å². The third kappa shape index (κ3) is 3.85. The summed E-state index contributed by atoms with van der Waals surface area (Å²) < 4.78 is 0. The largest absolute Gasteiger partial charge is 0.507 e. The molecule has 3 aromatic rings. The quantitative estimate of drug-likeness (QED) is 0.565. The normalized spacial score (nSPS) is 16.3. The molecule has 7 nitrogen and oxygen atoms in total. The minimum Gasteiger partial charge on any atom is -0.507 e. The number of anilines is 2. The van der Waals surface area contributed by atoms with Crippen LogP contribution in [0.4, 0.5) is 16.3 Å². The number of aromatic nitrogens is 1. The number of phenols is 1. The van der Waals surface area contributed by atoms with E-state index < -0.39 is 0 Å². The number of carbonyl (C=O) groups is 1. The first-order valence-electron chi connectivity index (χ1n) is 10.7. The number of rotatable bonds is 4. The standard InChI is InChI=1S/C24H24ClN5O2/c25-20-14-16(4-5-21(20)30-13-10-28-24(30)32)18-2-1-3-19(23(18)31)17-6-7-27-22(15-17)29-11-8-26-9-12-29/h1-7,14-15,26,31H,8-13H2,(H,28,32). The maximum Gasteiger partial charge on any atom is 0.322 e. The molecule has 3 N–H and O–H groups in total. The second kappa shape index (κ2) is 8.68. The Balaban J connectivity index is 1.48. The highest BCUT2D eigenvalue weighted by molar-refractivity contribution is 6.34. The Morgan fingerprint density at radius 1 is 0.938 bits per heavy atom. The molecule has 164 valence electrons. The van der Waals surface area contributed by atoms with Gasteiger partial charge in [0, 0.05) is 56.6 Å². The van der Waals surface area contributed by atoms with E-state index >= 15 is 0 Å². The summed E-state index contributed by atoms with van der Waals surface area (Å²) in [5.41, 5.74) is 3.78. The molecule has 0 spiro atoms. The lowest BCUT2D eigenvalue weighted by atomic mass is 9.97. The summed E-state index contributed by atoms with van der Waals surface area (Å²) >= 11 is 6.52. The molecule has 0 bridgehead atoms. The third-order valence-electron chi connectivity index (χ3n) is 5.94. The van der Waals surface area contributed by atoms with Crippen LogP contribution >= 0.6 is 11.6 Å². The van der Waals surface area contributed by atoms with Gasteiger partial charge in [-0.1, -0.05) is 35.9 Å². The van der Waals surface area contributed by atoms with Crippen LogP contribution in [0.15, 0.2) is 54.7 Å². The highest BCUT2D eigenvalue weighted by Gasteiger charge is 2.23. The van der Waals surface area contributed by atoms with Crippen LogP contribution in [-0.4, -0.2) is 55.4 Å². The van der Waals surface area contributed by atoms with Crippen LogP contribution in [0.5, 0.6) is 5.75 Å². The number of piperazine rings is 1. The van der Waals surface area contributed by atoms with Crippen LogP contribution in [0.2, 0.25) is 5.02 Å². The van der Waals surface area contributed by atoms with Crippen molar-refractivity contribution >= 4 is 29.1 Å². The predicted molar refractivity (Wildman–Crippen MR) is 128 cm³/mol. The van der Waals surface area contributed by atoms with Crippen LogP contribution < -0.4 is 20.4 Å². The molecule has 2 aromatic carbocycles. The van der Waals surface area contributed by atoms with Gasteiger partial charge in [-0.25, -0.2) is 9.78 Å². The lowest BCUT2D eigenvalue weighted by Crippen LogP contribution is -2.43. The first-order valence-corrected chi connectivity index (χ1v) is 11.1. The van der Waals surface area contributed by atoms with E-state index in [-0.39, 0.29) is 11.8 Å². The zero-order valence-electron chi connectivity index (χ0n) is 17.5. The summed E-state index contributed by atoms with van der Waals surface area (Å²) in [5.74, 6) is 1.10. The second-order valence-electron chi connectivity index (χ2n) is 7.89. The van der Waals surface area contributed by atoms with E-state index in [1.807, 2.05) is 42.5 Å². The van der Waals surface area contributed by atoms with E-state index in [4.69, 9.17) is 11.6 Å². The predicted octanol–water partition coefficient (Wildman–Crippen LogP) is 3.71. The Morgan fingerprint density at radius 2 is 1.69 bits per heavy atom. The van der Waals surface area contributed by atoms with Crippen LogP contribution in [0.1, 0.15) is 0 Å². The Morgan fingerprint density at radius 3 is 2.38 bits per heavy atom. The molecular weight excluding hydrogens is 426 g/mol. The van der Waals surface area contributed by atoms with Crippen molar-refractivity contribution in [2.45, 2.75) is 0 Å². The summed E-state index contributed by atoms with van der Waals surface area (Å²) in [6, 6.07) is 15.0. The Labute approximate surface area is 191 Å². The summed E-state index contributed by atoms with van der Waals surface area (Å²) in [6.07, 6.45) is 1.78. The topological polar surface area (TPSA) is 80.7 Å². The smallest absolute Gasteiger partial charge is 0.322 e. The first-order chi connectivity index (χ1) is 15.6. The van der Waals surface area contributed by atoms with Crippen LogP contribution in [0, 0.1) is 0 Å². The first kappa shape index (κ1) is 20.6. The van der Waals surface area contributed by atoms with Crippen molar-refractivity contribution in [3.63, 3.8) is 0 Å². The van der Waals surface area contributed by atoms with Gasteiger partial charge in [-0.3, -0.25) is 4.90 Å². The molecule has 2 aliphatic rings. The number of phenolic OH excluding ortho intramolecular Hbond substituents is 1. The molecule has 2 fully saturated rings. The van der Waals surface area contributed by atoms with Gasteiger partial charge in [0.25, 0.3) is 0 Å². The molecule has 3 heterocycles. The second-order valence-corrected chi connectivity index (χ2v) is 8.30. The maximum atomic E-state index is 12.0. The van der Waals surface area contributed by atoms with Crippen molar-refractivity contribution in [1.29, 1.82) is 0 Å². The van der Waals surface area contributed by atoms with Crippen molar-refractivity contribution in [3.8, 4) is 28.0 Å². The van der Waals surface area contributed by atoms with E-state index in [1.165, 1.54) is 0 Å². The number of amides is 2. The highest BCUT2D eigenvalue weighted by Crippen LogP contribution is 2.40. The number of aromatic hydroxyl groups is 1. The number of benzene rings is 2. The minimum atomic E-state index is -0.150. The molecular formula is C24H24ClN5O2. The molecule has 2 amide bonds. The van der Waals surface area contributed by atoms with E-state index in [9.17, 15) is 9.90 Å². The lowest BCUT2D eigenvalue weighted by Gasteiger charge is -2.28.